The molecule has 0 spiro atoms. The number of aromatic nitrogens is 3. The third-order valence-corrected chi connectivity index (χ3v) is 5.17. The summed E-state index contributed by atoms with van der Waals surface area (Å²) in [7, 11) is 0. The summed E-state index contributed by atoms with van der Waals surface area (Å²) in [6.07, 6.45) is 8.48. The number of thiazole rings is 1. The van der Waals surface area contributed by atoms with Crippen LogP contribution in [-0.4, -0.2) is 21.1 Å². The molecule has 2 aromatic heterocycles. The van der Waals surface area contributed by atoms with E-state index < -0.39 is 0 Å². The molecular weight excluding hydrogens is 387 g/mol. The maximum atomic E-state index is 4.79. The van der Waals surface area contributed by atoms with Gasteiger partial charge in [-0.1, -0.05) is 41.7 Å². The van der Waals surface area contributed by atoms with Crippen molar-refractivity contribution in [3.63, 3.8) is 0 Å². The first kappa shape index (κ1) is 20.5. The zero-order chi connectivity index (χ0) is 16.4. The van der Waals surface area contributed by atoms with Crippen LogP contribution in [0.1, 0.15) is 29.7 Å². The van der Waals surface area contributed by atoms with Gasteiger partial charge in [-0.25, -0.2) is 9.97 Å². The van der Waals surface area contributed by atoms with Crippen molar-refractivity contribution in [1.29, 1.82) is 0 Å². The van der Waals surface area contributed by atoms with Crippen molar-refractivity contribution in [2.45, 2.75) is 26.3 Å². The summed E-state index contributed by atoms with van der Waals surface area (Å²) in [5.74, 6) is 1.01. The highest BCUT2D eigenvalue weighted by Gasteiger charge is 2.13. The van der Waals surface area contributed by atoms with E-state index in [0.29, 0.717) is 0 Å². The van der Waals surface area contributed by atoms with Gasteiger partial charge in [-0.05, 0) is 31.9 Å². The third kappa shape index (κ3) is 4.29. The number of nitrogens with one attached hydrogen (secondary N) is 1. The summed E-state index contributed by atoms with van der Waals surface area (Å²) in [4.78, 5) is 9.49. The van der Waals surface area contributed by atoms with Crippen molar-refractivity contribution < 1.29 is 0 Å². The van der Waals surface area contributed by atoms with E-state index in [2.05, 4.69) is 47.3 Å². The lowest BCUT2D eigenvalue weighted by Crippen LogP contribution is -2.09. The Morgan fingerprint density at radius 3 is 2.69 bits per heavy atom. The van der Waals surface area contributed by atoms with Crippen molar-refractivity contribution in [1.82, 2.24) is 14.5 Å². The van der Waals surface area contributed by atoms with E-state index in [1.807, 2.05) is 18.2 Å². The van der Waals surface area contributed by atoms with Crippen LogP contribution < -0.4 is 5.32 Å². The summed E-state index contributed by atoms with van der Waals surface area (Å²) in [6, 6.07) is 10.3. The largest absolute Gasteiger partial charge is 0.375 e. The van der Waals surface area contributed by atoms with Crippen molar-refractivity contribution in [3.8, 4) is 11.4 Å². The zero-order valence-corrected chi connectivity index (χ0v) is 17.0. The van der Waals surface area contributed by atoms with Crippen LogP contribution in [0, 0.1) is 0 Å². The maximum Gasteiger partial charge on any atom is 0.140 e. The second kappa shape index (κ2) is 9.21. The van der Waals surface area contributed by atoms with Crippen LogP contribution in [0.15, 0.2) is 36.5 Å². The van der Waals surface area contributed by atoms with E-state index in [-0.39, 0.29) is 24.8 Å². The Bertz CT molecular complexity index is 848. The summed E-state index contributed by atoms with van der Waals surface area (Å²) in [5.41, 5.74) is 3.32. The molecular formula is C19H22Cl2N4S. The van der Waals surface area contributed by atoms with Crippen LogP contribution in [0.25, 0.3) is 23.5 Å². The first-order chi connectivity index (χ1) is 11.8. The van der Waals surface area contributed by atoms with Gasteiger partial charge >= 0.3 is 0 Å². The van der Waals surface area contributed by atoms with E-state index in [1.165, 1.54) is 17.1 Å². The average Bonchev–Trinajstić information content (AvgIpc) is 3.24. The highest BCUT2D eigenvalue weighted by atomic mass is 35.5. The number of fused-ring (bicyclic) bond motifs is 1. The fourth-order valence-corrected chi connectivity index (χ4v) is 3.88. The van der Waals surface area contributed by atoms with E-state index in [4.69, 9.17) is 9.97 Å². The summed E-state index contributed by atoms with van der Waals surface area (Å²) in [6.45, 7) is 4.10. The minimum atomic E-state index is 0. The number of nitrogens with zero attached hydrogens (tertiary/aromatic N) is 3. The van der Waals surface area contributed by atoms with E-state index >= 15 is 0 Å². The Hall–Kier alpha value is -1.82. The summed E-state index contributed by atoms with van der Waals surface area (Å²) >= 11 is 1.72. The zero-order valence-electron chi connectivity index (χ0n) is 14.5. The van der Waals surface area contributed by atoms with E-state index in [1.54, 1.807) is 11.3 Å². The maximum absolute atomic E-state index is 4.79. The van der Waals surface area contributed by atoms with Gasteiger partial charge in [0.15, 0.2) is 0 Å². The lowest BCUT2D eigenvalue weighted by molar-refractivity contribution is 0.770. The summed E-state index contributed by atoms with van der Waals surface area (Å²) < 4.78 is 2.18. The Morgan fingerprint density at radius 1 is 1.15 bits per heavy atom. The van der Waals surface area contributed by atoms with E-state index in [9.17, 15) is 0 Å². The molecule has 0 atom stereocenters. The highest BCUT2D eigenvalue weighted by molar-refractivity contribution is 7.16. The number of benzene rings is 1. The van der Waals surface area contributed by atoms with Gasteiger partial charge < -0.3 is 9.88 Å². The number of hydrogen-bond acceptors (Lipinski definition) is 4. The van der Waals surface area contributed by atoms with Crippen LogP contribution in [0.2, 0.25) is 0 Å². The van der Waals surface area contributed by atoms with Crippen molar-refractivity contribution in [2.24, 2.45) is 0 Å². The molecule has 0 unspecified atom stereocenters. The van der Waals surface area contributed by atoms with Crippen LogP contribution in [0.4, 0.5) is 5.00 Å². The van der Waals surface area contributed by atoms with Gasteiger partial charge in [0.05, 0.1) is 11.4 Å². The molecule has 4 nitrogen and oxygen atoms in total. The molecule has 0 saturated heterocycles. The molecule has 3 aromatic rings. The Balaban J connectivity index is 0.00000121. The van der Waals surface area contributed by atoms with Gasteiger partial charge in [0.2, 0.25) is 0 Å². The molecule has 0 saturated carbocycles. The molecule has 138 valence electrons. The van der Waals surface area contributed by atoms with Gasteiger partial charge in [0, 0.05) is 24.8 Å². The predicted octanol–water partition coefficient (Wildman–Crippen LogP) is 5.40. The molecule has 0 aliphatic carbocycles. The monoisotopic (exact) mass is 408 g/mol. The van der Waals surface area contributed by atoms with Crippen LogP contribution in [0.3, 0.4) is 0 Å². The first-order valence-corrected chi connectivity index (χ1v) is 9.19. The standard InChI is InChI=1S/C19H20N4S.2ClH/c1-2-23-13-15(21-18(23)14-7-4-3-5-8-14)10-11-17-22-16-9-6-12-20-19(16)24-17;;/h3-5,7-8,10-11,13,20H,2,6,9,12H2,1H3;2*1H/b11-10+;;. The number of aryl methyl sites for hydroxylation is 2. The molecule has 1 aliphatic rings. The van der Waals surface area contributed by atoms with Gasteiger partial charge in [-0.3, -0.25) is 0 Å². The van der Waals surface area contributed by atoms with Crippen molar-refractivity contribution in [2.75, 3.05) is 11.9 Å². The van der Waals surface area contributed by atoms with Crippen LogP contribution in [0.5, 0.6) is 0 Å². The average molecular weight is 409 g/mol. The normalized spacial score (nSPS) is 12.8. The number of imidazole rings is 1. The van der Waals surface area contributed by atoms with E-state index in [0.717, 1.165) is 41.6 Å². The second-order valence-corrected chi connectivity index (χ2v) is 6.86. The molecule has 7 heteroatoms. The van der Waals surface area contributed by atoms with Gasteiger partial charge in [0.1, 0.15) is 15.8 Å². The minimum absolute atomic E-state index is 0. The quantitative estimate of drug-likeness (QED) is 0.628. The highest BCUT2D eigenvalue weighted by Crippen LogP contribution is 2.29. The lowest BCUT2D eigenvalue weighted by Gasteiger charge is -2.10. The molecule has 1 aromatic carbocycles. The topological polar surface area (TPSA) is 42.7 Å². The Labute approximate surface area is 170 Å². The van der Waals surface area contributed by atoms with Gasteiger partial charge in [-0.2, -0.15) is 0 Å². The molecule has 0 amide bonds. The molecule has 26 heavy (non-hydrogen) atoms. The van der Waals surface area contributed by atoms with Crippen LogP contribution >= 0.6 is 36.2 Å². The molecule has 1 N–H and O–H groups in total. The SMILES string of the molecule is CCn1cc(/C=C/c2nc3c(s2)NCCC3)nc1-c1ccccc1.Cl.Cl. The lowest BCUT2D eigenvalue weighted by atomic mass is 10.2. The third-order valence-electron chi connectivity index (χ3n) is 4.15. The first-order valence-electron chi connectivity index (χ1n) is 8.37. The smallest absolute Gasteiger partial charge is 0.140 e. The molecule has 3 heterocycles. The number of anilines is 1. The predicted molar refractivity (Wildman–Crippen MR) is 116 cm³/mol. The Morgan fingerprint density at radius 2 is 1.96 bits per heavy atom. The minimum Gasteiger partial charge on any atom is -0.375 e. The summed E-state index contributed by atoms with van der Waals surface area (Å²) in [5, 5.41) is 5.70. The molecule has 0 fully saturated rings. The van der Waals surface area contributed by atoms with Gasteiger partial charge in [-0.15, -0.1) is 24.8 Å². The van der Waals surface area contributed by atoms with Crippen molar-refractivity contribution in [3.05, 3.63) is 52.9 Å². The van der Waals surface area contributed by atoms with Crippen LogP contribution in [-0.2, 0) is 13.0 Å². The number of hydrogen-bond donors (Lipinski definition) is 1. The number of halogens is 2. The Kier molecular flexibility index (Phi) is 7.26. The fraction of sp³-hybridized carbons (Fsp3) is 0.263. The second-order valence-electron chi connectivity index (χ2n) is 5.83. The van der Waals surface area contributed by atoms with Crippen molar-refractivity contribution >= 4 is 53.3 Å². The number of rotatable bonds is 4. The molecule has 4 rings (SSSR count). The molecule has 0 radical (unpaired) electrons. The van der Waals surface area contributed by atoms with Gasteiger partial charge in [0.25, 0.3) is 0 Å². The fourth-order valence-electron chi connectivity index (χ4n) is 2.94. The molecule has 1 aliphatic heterocycles. The molecule has 0 bridgehead atoms.